The molecule has 0 radical (unpaired) electrons. The fourth-order valence-corrected chi connectivity index (χ4v) is 1.74. The minimum absolute atomic E-state index is 0.00323. The van der Waals surface area contributed by atoms with Gasteiger partial charge < -0.3 is 19.9 Å². The molecule has 1 heterocycles. The van der Waals surface area contributed by atoms with E-state index in [1.807, 2.05) is 0 Å². The molecule has 1 fully saturated rings. The highest BCUT2D eigenvalue weighted by Crippen LogP contribution is 2.14. The van der Waals surface area contributed by atoms with Crippen LogP contribution in [0.25, 0.3) is 0 Å². The fraction of sp³-hybridized carbons (Fsp3) is 0.909. The second-order valence-electron chi connectivity index (χ2n) is 4.09. The van der Waals surface area contributed by atoms with Crippen LogP contribution >= 0.6 is 0 Å². The van der Waals surface area contributed by atoms with Gasteiger partial charge in [0.05, 0.1) is 25.2 Å². The van der Waals surface area contributed by atoms with Crippen LogP contribution < -0.4 is 5.32 Å². The predicted molar refractivity (Wildman–Crippen MR) is 59.1 cm³/mol. The van der Waals surface area contributed by atoms with Crippen molar-refractivity contribution in [3.05, 3.63) is 0 Å². The van der Waals surface area contributed by atoms with E-state index in [0.29, 0.717) is 26.0 Å². The third-order valence-corrected chi connectivity index (χ3v) is 2.60. The summed E-state index contributed by atoms with van der Waals surface area (Å²) in [7, 11) is 1.54. The summed E-state index contributed by atoms with van der Waals surface area (Å²) in [6.45, 7) is 1.56. The molecule has 5 heteroatoms. The molecule has 2 N–H and O–H groups in total. The van der Waals surface area contributed by atoms with E-state index in [4.69, 9.17) is 9.47 Å². The summed E-state index contributed by atoms with van der Waals surface area (Å²) in [6.07, 6.45) is 2.55. The highest BCUT2D eigenvalue weighted by atomic mass is 16.5. The third kappa shape index (κ3) is 5.44. The zero-order valence-electron chi connectivity index (χ0n) is 9.78. The van der Waals surface area contributed by atoms with E-state index < -0.39 is 6.10 Å². The molecular formula is C11H21NO4. The van der Waals surface area contributed by atoms with Crippen LogP contribution in [0.3, 0.4) is 0 Å². The zero-order chi connectivity index (χ0) is 11.8. The summed E-state index contributed by atoms with van der Waals surface area (Å²) in [4.78, 5) is 11.4. The number of methoxy groups -OCH3 is 1. The number of nitrogens with one attached hydrogen (secondary N) is 1. The molecule has 2 atom stereocenters. The molecular weight excluding hydrogens is 210 g/mol. The standard InChI is InChI=1S/C11H21NO4/c1-15-8-9(13)4-5-12-11(14)7-10-3-2-6-16-10/h9-10,13H,2-8H2,1H3,(H,12,14). The Morgan fingerprint density at radius 3 is 3.12 bits per heavy atom. The minimum atomic E-state index is -0.506. The van der Waals surface area contributed by atoms with Crippen LogP contribution in [0.1, 0.15) is 25.7 Å². The van der Waals surface area contributed by atoms with Crippen LogP contribution in [-0.2, 0) is 14.3 Å². The Bertz CT molecular complexity index is 204. The Kier molecular flexibility index (Phi) is 6.37. The lowest BCUT2D eigenvalue weighted by Crippen LogP contribution is -2.30. The largest absolute Gasteiger partial charge is 0.391 e. The highest BCUT2D eigenvalue weighted by Gasteiger charge is 2.18. The number of ether oxygens (including phenoxy) is 2. The molecule has 0 spiro atoms. The van der Waals surface area contributed by atoms with Crippen LogP contribution in [0, 0.1) is 0 Å². The lowest BCUT2D eigenvalue weighted by atomic mass is 10.2. The number of hydrogen-bond donors (Lipinski definition) is 2. The van der Waals surface area contributed by atoms with Gasteiger partial charge in [-0.2, -0.15) is 0 Å². The SMILES string of the molecule is COCC(O)CCNC(=O)CC1CCCO1. The molecule has 0 aromatic heterocycles. The fourth-order valence-electron chi connectivity index (χ4n) is 1.74. The molecule has 1 saturated heterocycles. The first-order valence-corrected chi connectivity index (χ1v) is 5.77. The molecule has 2 unspecified atom stereocenters. The Morgan fingerprint density at radius 2 is 2.50 bits per heavy atom. The number of carbonyl (C=O) groups is 1. The number of amides is 1. The van der Waals surface area contributed by atoms with Gasteiger partial charge in [-0.15, -0.1) is 0 Å². The molecule has 1 rings (SSSR count). The molecule has 0 aliphatic carbocycles. The van der Waals surface area contributed by atoms with Crippen molar-refractivity contribution in [3.8, 4) is 0 Å². The molecule has 0 aromatic carbocycles. The first kappa shape index (κ1) is 13.4. The van der Waals surface area contributed by atoms with Gasteiger partial charge in [-0.1, -0.05) is 0 Å². The van der Waals surface area contributed by atoms with Crippen molar-refractivity contribution in [1.29, 1.82) is 0 Å². The Morgan fingerprint density at radius 1 is 1.69 bits per heavy atom. The molecule has 1 aliphatic rings. The van der Waals surface area contributed by atoms with E-state index in [2.05, 4.69) is 5.32 Å². The lowest BCUT2D eigenvalue weighted by Gasteiger charge is -2.12. The van der Waals surface area contributed by atoms with E-state index in [1.165, 1.54) is 0 Å². The second kappa shape index (κ2) is 7.60. The average Bonchev–Trinajstić information content (AvgIpc) is 2.70. The monoisotopic (exact) mass is 231 g/mol. The molecule has 1 aliphatic heterocycles. The summed E-state index contributed by atoms with van der Waals surface area (Å²) < 4.78 is 10.1. The van der Waals surface area contributed by atoms with Crippen molar-refractivity contribution in [2.45, 2.75) is 37.9 Å². The van der Waals surface area contributed by atoms with E-state index in [0.717, 1.165) is 19.4 Å². The maximum atomic E-state index is 11.4. The second-order valence-corrected chi connectivity index (χ2v) is 4.09. The van der Waals surface area contributed by atoms with Gasteiger partial charge in [0.1, 0.15) is 0 Å². The predicted octanol–water partition coefficient (Wildman–Crippen LogP) is 0.0691. The molecule has 5 nitrogen and oxygen atoms in total. The quantitative estimate of drug-likeness (QED) is 0.650. The summed E-state index contributed by atoms with van der Waals surface area (Å²) in [5, 5.41) is 12.1. The van der Waals surface area contributed by atoms with Crippen LogP contribution in [0.5, 0.6) is 0 Å². The van der Waals surface area contributed by atoms with Gasteiger partial charge in [0.15, 0.2) is 0 Å². The topological polar surface area (TPSA) is 67.8 Å². The van der Waals surface area contributed by atoms with Gasteiger partial charge in [0.25, 0.3) is 0 Å². The van der Waals surface area contributed by atoms with Gasteiger partial charge in [-0.05, 0) is 19.3 Å². The zero-order valence-corrected chi connectivity index (χ0v) is 9.78. The van der Waals surface area contributed by atoms with E-state index in [1.54, 1.807) is 7.11 Å². The smallest absolute Gasteiger partial charge is 0.222 e. The molecule has 0 saturated carbocycles. The van der Waals surface area contributed by atoms with Crippen molar-refractivity contribution in [1.82, 2.24) is 5.32 Å². The summed E-state index contributed by atoms with van der Waals surface area (Å²) in [6, 6.07) is 0. The maximum absolute atomic E-state index is 11.4. The van der Waals surface area contributed by atoms with Crippen molar-refractivity contribution in [2.24, 2.45) is 0 Å². The number of carbonyl (C=O) groups excluding carboxylic acids is 1. The van der Waals surface area contributed by atoms with Gasteiger partial charge >= 0.3 is 0 Å². The Labute approximate surface area is 96.1 Å². The van der Waals surface area contributed by atoms with Crippen molar-refractivity contribution < 1.29 is 19.4 Å². The van der Waals surface area contributed by atoms with E-state index >= 15 is 0 Å². The van der Waals surface area contributed by atoms with Crippen LogP contribution in [0.4, 0.5) is 0 Å². The molecule has 94 valence electrons. The van der Waals surface area contributed by atoms with Crippen molar-refractivity contribution in [2.75, 3.05) is 26.9 Å². The molecule has 16 heavy (non-hydrogen) atoms. The van der Waals surface area contributed by atoms with Gasteiger partial charge in [0, 0.05) is 20.3 Å². The van der Waals surface area contributed by atoms with E-state index in [-0.39, 0.29) is 12.0 Å². The highest BCUT2D eigenvalue weighted by molar-refractivity contribution is 5.76. The van der Waals surface area contributed by atoms with Crippen LogP contribution in [0.15, 0.2) is 0 Å². The maximum Gasteiger partial charge on any atom is 0.222 e. The molecule has 1 amide bonds. The summed E-state index contributed by atoms with van der Waals surface area (Å²) in [5.74, 6) is -0.00323. The number of aliphatic hydroxyl groups excluding tert-OH is 1. The number of rotatable bonds is 7. The average molecular weight is 231 g/mol. The molecule has 0 bridgehead atoms. The summed E-state index contributed by atoms with van der Waals surface area (Å²) in [5.41, 5.74) is 0. The van der Waals surface area contributed by atoms with Gasteiger partial charge in [0.2, 0.25) is 5.91 Å². The molecule has 0 aromatic rings. The Hall–Kier alpha value is -0.650. The van der Waals surface area contributed by atoms with Crippen LogP contribution in [0.2, 0.25) is 0 Å². The third-order valence-electron chi connectivity index (χ3n) is 2.60. The first-order valence-electron chi connectivity index (χ1n) is 5.77. The van der Waals surface area contributed by atoms with Crippen molar-refractivity contribution >= 4 is 5.91 Å². The lowest BCUT2D eigenvalue weighted by molar-refractivity contribution is -0.123. The number of aliphatic hydroxyl groups is 1. The van der Waals surface area contributed by atoms with Gasteiger partial charge in [-0.25, -0.2) is 0 Å². The Balaban J connectivity index is 2.01. The minimum Gasteiger partial charge on any atom is -0.391 e. The van der Waals surface area contributed by atoms with Gasteiger partial charge in [-0.3, -0.25) is 4.79 Å². The number of hydrogen-bond acceptors (Lipinski definition) is 4. The first-order chi connectivity index (χ1) is 7.72. The van der Waals surface area contributed by atoms with E-state index in [9.17, 15) is 9.90 Å². The van der Waals surface area contributed by atoms with Crippen molar-refractivity contribution in [3.63, 3.8) is 0 Å². The van der Waals surface area contributed by atoms with Crippen LogP contribution in [-0.4, -0.2) is 50.1 Å². The summed E-state index contributed by atoms with van der Waals surface area (Å²) >= 11 is 0. The normalized spacial score (nSPS) is 22.0.